The van der Waals surface area contributed by atoms with Crippen LogP contribution in [-0.2, 0) is 9.59 Å². The summed E-state index contributed by atoms with van der Waals surface area (Å²) in [4.78, 5) is 35.5. The van der Waals surface area contributed by atoms with Crippen molar-refractivity contribution in [2.75, 3.05) is 13.2 Å². The smallest absolute Gasteiger partial charge is 0.326 e. The number of aliphatic carboxylic acids is 1. The SMILES string of the molecule is CCCOc1ccc(Cl)cc1C(=O)NCC(=O)N[C@@H](CC(C)C)C(=O)O. The van der Waals surface area contributed by atoms with E-state index >= 15 is 0 Å². The predicted octanol–water partition coefficient (Wildman–Crippen LogP) is 2.47. The van der Waals surface area contributed by atoms with Crippen molar-refractivity contribution in [2.45, 2.75) is 39.7 Å². The highest BCUT2D eigenvalue weighted by atomic mass is 35.5. The zero-order chi connectivity index (χ0) is 19.7. The predicted molar refractivity (Wildman–Crippen MR) is 98.6 cm³/mol. The summed E-state index contributed by atoms with van der Waals surface area (Å²) in [6, 6.07) is 3.67. The van der Waals surface area contributed by atoms with Gasteiger partial charge in [-0.15, -0.1) is 0 Å². The van der Waals surface area contributed by atoms with Gasteiger partial charge in [0.25, 0.3) is 5.91 Å². The summed E-state index contributed by atoms with van der Waals surface area (Å²) in [5.74, 6) is -1.73. The lowest BCUT2D eigenvalue weighted by atomic mass is 10.0. The highest BCUT2D eigenvalue weighted by molar-refractivity contribution is 6.31. The first-order chi connectivity index (χ1) is 12.2. The third kappa shape index (κ3) is 7.31. The second-order valence-electron chi connectivity index (χ2n) is 6.26. The van der Waals surface area contributed by atoms with Crippen molar-refractivity contribution in [3.05, 3.63) is 28.8 Å². The lowest BCUT2D eigenvalue weighted by Gasteiger charge is -2.17. The lowest BCUT2D eigenvalue weighted by Crippen LogP contribution is -2.46. The van der Waals surface area contributed by atoms with Crippen LogP contribution in [0.15, 0.2) is 18.2 Å². The third-order valence-corrected chi connectivity index (χ3v) is 3.63. The van der Waals surface area contributed by atoms with Gasteiger partial charge in [-0.3, -0.25) is 9.59 Å². The molecular weight excluding hydrogens is 360 g/mol. The molecule has 0 bridgehead atoms. The molecule has 3 N–H and O–H groups in total. The third-order valence-electron chi connectivity index (χ3n) is 3.40. The molecule has 2 amide bonds. The Balaban J connectivity index is 2.69. The van der Waals surface area contributed by atoms with Gasteiger partial charge in [-0.2, -0.15) is 0 Å². The average molecular weight is 385 g/mol. The normalized spacial score (nSPS) is 11.7. The second-order valence-corrected chi connectivity index (χ2v) is 6.70. The highest BCUT2D eigenvalue weighted by Crippen LogP contribution is 2.23. The number of nitrogens with one attached hydrogen (secondary N) is 2. The summed E-state index contributed by atoms with van der Waals surface area (Å²) in [5, 5.41) is 14.4. The summed E-state index contributed by atoms with van der Waals surface area (Å²) in [7, 11) is 0. The summed E-state index contributed by atoms with van der Waals surface area (Å²) in [6.45, 7) is 5.76. The van der Waals surface area contributed by atoms with Gasteiger partial charge in [0.05, 0.1) is 18.7 Å². The van der Waals surface area contributed by atoms with Crippen molar-refractivity contribution in [1.82, 2.24) is 10.6 Å². The molecule has 1 aromatic carbocycles. The van der Waals surface area contributed by atoms with Gasteiger partial charge in [-0.25, -0.2) is 4.79 Å². The minimum Gasteiger partial charge on any atom is -0.493 e. The Bertz CT molecular complexity index is 648. The van der Waals surface area contributed by atoms with E-state index in [1.807, 2.05) is 20.8 Å². The molecular formula is C18H25ClN2O5. The number of hydrogen-bond donors (Lipinski definition) is 3. The number of rotatable bonds is 10. The van der Waals surface area contributed by atoms with Gasteiger partial charge < -0.3 is 20.5 Å². The van der Waals surface area contributed by atoms with Crippen molar-refractivity contribution in [3.63, 3.8) is 0 Å². The van der Waals surface area contributed by atoms with Gasteiger partial charge in [0.2, 0.25) is 5.91 Å². The molecule has 1 atom stereocenters. The topological polar surface area (TPSA) is 105 Å². The maximum absolute atomic E-state index is 12.3. The van der Waals surface area contributed by atoms with Crippen LogP contribution in [0.4, 0.5) is 0 Å². The van der Waals surface area contributed by atoms with Crippen LogP contribution >= 0.6 is 11.6 Å². The number of halogens is 1. The Morgan fingerprint density at radius 2 is 1.96 bits per heavy atom. The summed E-state index contributed by atoms with van der Waals surface area (Å²) < 4.78 is 5.51. The average Bonchev–Trinajstić information content (AvgIpc) is 2.57. The number of carboxylic acids is 1. The molecule has 0 unspecified atom stereocenters. The van der Waals surface area contributed by atoms with E-state index < -0.39 is 23.8 Å². The summed E-state index contributed by atoms with van der Waals surface area (Å²) in [5.41, 5.74) is 0.218. The van der Waals surface area contributed by atoms with E-state index in [0.717, 1.165) is 6.42 Å². The molecule has 0 radical (unpaired) electrons. The van der Waals surface area contributed by atoms with Crippen molar-refractivity contribution in [3.8, 4) is 5.75 Å². The van der Waals surface area contributed by atoms with E-state index in [0.29, 0.717) is 23.8 Å². The number of ether oxygens (including phenoxy) is 1. The number of benzene rings is 1. The highest BCUT2D eigenvalue weighted by Gasteiger charge is 2.21. The van der Waals surface area contributed by atoms with Crippen LogP contribution in [0.1, 0.15) is 44.0 Å². The molecule has 0 aliphatic rings. The number of hydrogen-bond acceptors (Lipinski definition) is 4. The summed E-state index contributed by atoms with van der Waals surface area (Å²) in [6.07, 6.45) is 1.08. The van der Waals surface area contributed by atoms with Gasteiger partial charge in [-0.1, -0.05) is 32.4 Å². The number of carbonyl (C=O) groups is 3. The zero-order valence-electron chi connectivity index (χ0n) is 15.2. The van der Waals surface area contributed by atoms with Crippen LogP contribution in [-0.4, -0.2) is 42.1 Å². The van der Waals surface area contributed by atoms with E-state index in [4.69, 9.17) is 21.4 Å². The molecule has 0 saturated heterocycles. The van der Waals surface area contributed by atoms with Crippen molar-refractivity contribution >= 4 is 29.4 Å². The first-order valence-corrected chi connectivity index (χ1v) is 8.85. The molecule has 0 aromatic heterocycles. The summed E-state index contributed by atoms with van der Waals surface area (Å²) >= 11 is 5.93. The largest absolute Gasteiger partial charge is 0.493 e. The zero-order valence-corrected chi connectivity index (χ0v) is 15.9. The number of carbonyl (C=O) groups excluding carboxylic acids is 2. The molecule has 0 spiro atoms. The lowest BCUT2D eigenvalue weighted by molar-refractivity contribution is -0.142. The molecule has 0 heterocycles. The molecule has 144 valence electrons. The van der Waals surface area contributed by atoms with Gasteiger partial charge >= 0.3 is 5.97 Å². The van der Waals surface area contributed by atoms with Crippen molar-refractivity contribution in [1.29, 1.82) is 0 Å². The molecule has 0 saturated carbocycles. The van der Waals surface area contributed by atoms with Crippen LogP contribution in [0.25, 0.3) is 0 Å². The van der Waals surface area contributed by atoms with E-state index in [2.05, 4.69) is 10.6 Å². The molecule has 0 aliphatic heterocycles. The fourth-order valence-corrected chi connectivity index (χ4v) is 2.38. The number of carboxylic acid groups (broad SMARTS) is 1. The quantitative estimate of drug-likeness (QED) is 0.574. The molecule has 26 heavy (non-hydrogen) atoms. The minimum atomic E-state index is -1.11. The van der Waals surface area contributed by atoms with E-state index in [-0.39, 0.29) is 18.0 Å². The van der Waals surface area contributed by atoms with Crippen molar-refractivity contribution in [2.24, 2.45) is 5.92 Å². The van der Waals surface area contributed by atoms with Gasteiger partial charge in [0.1, 0.15) is 11.8 Å². The van der Waals surface area contributed by atoms with Gasteiger partial charge in [0, 0.05) is 5.02 Å². The fourth-order valence-electron chi connectivity index (χ4n) is 2.21. The molecule has 7 nitrogen and oxygen atoms in total. The minimum absolute atomic E-state index is 0.107. The van der Waals surface area contributed by atoms with E-state index in [1.165, 1.54) is 6.07 Å². The van der Waals surface area contributed by atoms with Crippen LogP contribution in [0.3, 0.4) is 0 Å². The molecule has 0 aliphatic carbocycles. The Morgan fingerprint density at radius 3 is 2.54 bits per heavy atom. The molecule has 1 aromatic rings. The molecule has 1 rings (SSSR count). The molecule has 8 heteroatoms. The second kappa shape index (κ2) is 10.7. The Labute approximate surface area is 158 Å². The van der Waals surface area contributed by atoms with Crippen LogP contribution in [0.2, 0.25) is 5.02 Å². The standard InChI is InChI=1S/C18H25ClN2O5/c1-4-7-26-15-6-5-12(19)9-13(15)17(23)20-10-16(22)21-14(18(24)25)8-11(2)3/h5-6,9,11,14H,4,7-8,10H2,1-3H3,(H,20,23)(H,21,22)(H,24,25)/t14-/m0/s1. The Hall–Kier alpha value is -2.28. The fraction of sp³-hybridized carbons (Fsp3) is 0.500. The van der Waals surface area contributed by atoms with Crippen LogP contribution in [0, 0.1) is 5.92 Å². The number of amides is 2. The van der Waals surface area contributed by atoms with E-state index in [1.54, 1.807) is 12.1 Å². The Kier molecular flexibility index (Phi) is 8.92. The van der Waals surface area contributed by atoms with Crippen molar-refractivity contribution < 1.29 is 24.2 Å². The van der Waals surface area contributed by atoms with Crippen LogP contribution < -0.4 is 15.4 Å². The van der Waals surface area contributed by atoms with Gasteiger partial charge in [-0.05, 0) is 37.0 Å². The monoisotopic (exact) mass is 384 g/mol. The van der Waals surface area contributed by atoms with Gasteiger partial charge in [0.15, 0.2) is 0 Å². The first kappa shape index (κ1) is 21.8. The first-order valence-electron chi connectivity index (χ1n) is 8.47. The Morgan fingerprint density at radius 1 is 1.27 bits per heavy atom. The maximum Gasteiger partial charge on any atom is 0.326 e. The maximum atomic E-state index is 12.3. The molecule has 0 fully saturated rings. The van der Waals surface area contributed by atoms with Crippen LogP contribution in [0.5, 0.6) is 5.75 Å². The van der Waals surface area contributed by atoms with E-state index in [9.17, 15) is 14.4 Å².